The van der Waals surface area contributed by atoms with Crippen molar-refractivity contribution in [2.45, 2.75) is 19.8 Å². The highest BCUT2D eigenvalue weighted by Gasteiger charge is 2.10. The minimum absolute atomic E-state index is 0.0262. The molecule has 2 aromatic rings. The number of amides is 2. The highest BCUT2D eigenvalue weighted by Crippen LogP contribution is 2.25. The van der Waals surface area contributed by atoms with Crippen molar-refractivity contribution in [3.8, 4) is 0 Å². The van der Waals surface area contributed by atoms with Crippen molar-refractivity contribution in [3.63, 3.8) is 0 Å². The SMILES string of the molecule is CCCC(=O)Nc1ccc(Cl)c(NC(=S)NC(=O)c2ccc(F)cc2)c1. The van der Waals surface area contributed by atoms with E-state index in [4.69, 9.17) is 23.8 Å². The largest absolute Gasteiger partial charge is 0.331 e. The van der Waals surface area contributed by atoms with E-state index in [1.165, 1.54) is 24.3 Å². The molecular formula is C18H17ClFN3O2S. The lowest BCUT2D eigenvalue weighted by Crippen LogP contribution is -2.34. The van der Waals surface area contributed by atoms with Crippen LogP contribution in [0.25, 0.3) is 0 Å². The quantitative estimate of drug-likeness (QED) is 0.661. The van der Waals surface area contributed by atoms with Crippen LogP contribution >= 0.6 is 23.8 Å². The van der Waals surface area contributed by atoms with E-state index >= 15 is 0 Å². The smallest absolute Gasteiger partial charge is 0.257 e. The Morgan fingerprint density at radius 1 is 1.12 bits per heavy atom. The highest BCUT2D eigenvalue weighted by molar-refractivity contribution is 7.80. The van der Waals surface area contributed by atoms with Crippen molar-refractivity contribution in [2.75, 3.05) is 10.6 Å². The summed E-state index contributed by atoms with van der Waals surface area (Å²) in [6.45, 7) is 1.91. The fraction of sp³-hybridized carbons (Fsp3) is 0.167. The minimum Gasteiger partial charge on any atom is -0.331 e. The van der Waals surface area contributed by atoms with Crippen LogP contribution in [0.5, 0.6) is 0 Å². The van der Waals surface area contributed by atoms with E-state index in [1.807, 2.05) is 6.92 Å². The molecule has 136 valence electrons. The molecule has 0 heterocycles. The van der Waals surface area contributed by atoms with Crippen molar-refractivity contribution < 1.29 is 14.0 Å². The molecule has 3 N–H and O–H groups in total. The van der Waals surface area contributed by atoms with Gasteiger partial charge in [-0.05, 0) is 61.1 Å². The number of carbonyl (C=O) groups excluding carboxylic acids is 2. The molecule has 0 aliphatic heterocycles. The van der Waals surface area contributed by atoms with Gasteiger partial charge in [0.2, 0.25) is 5.91 Å². The van der Waals surface area contributed by atoms with Crippen LogP contribution in [-0.4, -0.2) is 16.9 Å². The van der Waals surface area contributed by atoms with E-state index in [2.05, 4.69) is 16.0 Å². The molecule has 5 nitrogen and oxygen atoms in total. The maximum Gasteiger partial charge on any atom is 0.257 e. The van der Waals surface area contributed by atoms with Gasteiger partial charge in [0, 0.05) is 17.7 Å². The third-order valence-electron chi connectivity index (χ3n) is 3.31. The van der Waals surface area contributed by atoms with E-state index in [1.54, 1.807) is 18.2 Å². The van der Waals surface area contributed by atoms with Crippen LogP contribution in [-0.2, 0) is 4.79 Å². The number of hydrogen-bond acceptors (Lipinski definition) is 3. The summed E-state index contributed by atoms with van der Waals surface area (Å²) in [5.74, 6) is -1.02. The first-order valence-corrected chi connectivity index (χ1v) is 8.65. The van der Waals surface area contributed by atoms with Gasteiger partial charge in [0.25, 0.3) is 5.91 Å². The summed E-state index contributed by atoms with van der Waals surface area (Å²) in [6, 6.07) is 9.97. The number of nitrogens with one attached hydrogen (secondary N) is 3. The molecule has 0 fully saturated rings. The second-order valence-electron chi connectivity index (χ2n) is 5.41. The molecule has 0 aliphatic rings. The molecular weight excluding hydrogens is 377 g/mol. The number of rotatable bonds is 5. The second-order valence-corrected chi connectivity index (χ2v) is 6.22. The summed E-state index contributed by atoms with van der Waals surface area (Å²) in [6.07, 6.45) is 1.15. The molecule has 0 radical (unpaired) electrons. The van der Waals surface area contributed by atoms with Gasteiger partial charge >= 0.3 is 0 Å². The molecule has 2 amide bonds. The number of benzene rings is 2. The Labute approximate surface area is 160 Å². The van der Waals surface area contributed by atoms with Gasteiger partial charge in [0.05, 0.1) is 10.7 Å². The Kier molecular flexibility index (Phi) is 7.06. The van der Waals surface area contributed by atoms with Gasteiger partial charge in [0.1, 0.15) is 5.82 Å². The molecule has 0 aliphatic carbocycles. The molecule has 0 spiro atoms. The van der Waals surface area contributed by atoms with Crippen LogP contribution in [0, 0.1) is 5.82 Å². The summed E-state index contributed by atoms with van der Waals surface area (Å²) in [5, 5.41) is 8.45. The molecule has 0 unspecified atom stereocenters. The zero-order chi connectivity index (χ0) is 19.1. The molecule has 0 atom stereocenters. The van der Waals surface area contributed by atoms with Gasteiger partial charge in [-0.1, -0.05) is 18.5 Å². The maximum atomic E-state index is 12.9. The van der Waals surface area contributed by atoms with E-state index < -0.39 is 11.7 Å². The van der Waals surface area contributed by atoms with Crippen LogP contribution in [0.15, 0.2) is 42.5 Å². The predicted octanol–water partition coefficient (Wildman–Crippen LogP) is 4.34. The van der Waals surface area contributed by atoms with Gasteiger partial charge in [0.15, 0.2) is 5.11 Å². The molecule has 8 heteroatoms. The summed E-state index contributed by atoms with van der Waals surface area (Å²) in [4.78, 5) is 23.8. The lowest BCUT2D eigenvalue weighted by molar-refractivity contribution is -0.116. The van der Waals surface area contributed by atoms with Crippen molar-refractivity contribution >= 4 is 52.1 Å². The van der Waals surface area contributed by atoms with Crippen molar-refractivity contribution in [1.29, 1.82) is 0 Å². The standard InChI is InChI=1S/C18H17ClFN3O2S/c1-2-3-16(24)21-13-8-9-14(19)15(10-13)22-18(26)23-17(25)11-4-6-12(20)7-5-11/h4-10H,2-3H2,1H3,(H,21,24)(H2,22,23,25,26). The van der Waals surface area contributed by atoms with Gasteiger partial charge in [-0.3, -0.25) is 14.9 Å². The summed E-state index contributed by atoms with van der Waals surface area (Å²) in [5.41, 5.74) is 1.26. The second kappa shape index (κ2) is 9.26. The molecule has 2 aromatic carbocycles. The number of carbonyl (C=O) groups is 2. The Bertz CT molecular complexity index is 828. The fourth-order valence-corrected chi connectivity index (χ4v) is 2.45. The molecule has 0 saturated carbocycles. The van der Waals surface area contributed by atoms with Crippen LogP contribution in [0.4, 0.5) is 15.8 Å². The Morgan fingerprint density at radius 2 is 1.81 bits per heavy atom. The van der Waals surface area contributed by atoms with Crippen molar-refractivity contribution in [3.05, 3.63) is 58.9 Å². The van der Waals surface area contributed by atoms with Crippen LogP contribution < -0.4 is 16.0 Å². The summed E-state index contributed by atoms with van der Waals surface area (Å²) < 4.78 is 12.9. The normalized spacial score (nSPS) is 10.1. The molecule has 0 aromatic heterocycles. The lowest BCUT2D eigenvalue weighted by Gasteiger charge is -2.13. The minimum atomic E-state index is -0.481. The maximum absolute atomic E-state index is 12.9. The Morgan fingerprint density at radius 3 is 2.46 bits per heavy atom. The van der Waals surface area contributed by atoms with Crippen LogP contribution in [0.3, 0.4) is 0 Å². The van der Waals surface area contributed by atoms with E-state index in [9.17, 15) is 14.0 Å². The molecule has 26 heavy (non-hydrogen) atoms. The van der Waals surface area contributed by atoms with E-state index in [0.29, 0.717) is 22.8 Å². The van der Waals surface area contributed by atoms with Gasteiger partial charge in [-0.15, -0.1) is 0 Å². The zero-order valence-corrected chi connectivity index (χ0v) is 15.5. The van der Waals surface area contributed by atoms with E-state index in [-0.39, 0.29) is 16.6 Å². The Balaban J connectivity index is 2.02. The van der Waals surface area contributed by atoms with Crippen molar-refractivity contribution in [2.24, 2.45) is 0 Å². The lowest BCUT2D eigenvalue weighted by atomic mass is 10.2. The molecule has 0 bridgehead atoms. The monoisotopic (exact) mass is 393 g/mol. The number of hydrogen-bond donors (Lipinski definition) is 3. The first kappa shape index (κ1) is 19.8. The third-order valence-corrected chi connectivity index (χ3v) is 3.84. The fourth-order valence-electron chi connectivity index (χ4n) is 2.08. The van der Waals surface area contributed by atoms with E-state index in [0.717, 1.165) is 6.42 Å². The predicted molar refractivity (Wildman–Crippen MR) is 105 cm³/mol. The summed E-state index contributed by atoms with van der Waals surface area (Å²) >= 11 is 11.2. The van der Waals surface area contributed by atoms with Crippen molar-refractivity contribution in [1.82, 2.24) is 5.32 Å². The Hall–Kier alpha value is -2.51. The zero-order valence-electron chi connectivity index (χ0n) is 13.9. The van der Waals surface area contributed by atoms with Crippen LogP contribution in [0.1, 0.15) is 30.1 Å². The van der Waals surface area contributed by atoms with Gasteiger partial charge in [-0.25, -0.2) is 4.39 Å². The number of thiocarbonyl (C=S) groups is 1. The van der Waals surface area contributed by atoms with Gasteiger partial charge < -0.3 is 10.6 Å². The average Bonchev–Trinajstić information content (AvgIpc) is 2.58. The first-order chi connectivity index (χ1) is 12.4. The third kappa shape index (κ3) is 5.79. The first-order valence-electron chi connectivity index (χ1n) is 7.86. The number of anilines is 2. The molecule has 0 saturated heterocycles. The van der Waals surface area contributed by atoms with Crippen LogP contribution in [0.2, 0.25) is 5.02 Å². The number of halogens is 2. The highest BCUT2D eigenvalue weighted by atomic mass is 35.5. The molecule has 2 rings (SSSR count). The average molecular weight is 394 g/mol. The summed E-state index contributed by atoms with van der Waals surface area (Å²) in [7, 11) is 0. The topological polar surface area (TPSA) is 70.2 Å². The van der Waals surface area contributed by atoms with Gasteiger partial charge in [-0.2, -0.15) is 0 Å².